The van der Waals surface area contributed by atoms with Crippen LogP contribution >= 0.6 is 0 Å². The first-order valence-electron chi connectivity index (χ1n) is 6.58. The van der Waals surface area contributed by atoms with Crippen molar-refractivity contribution in [2.75, 3.05) is 19.6 Å². The molecule has 0 radical (unpaired) electrons. The van der Waals surface area contributed by atoms with Gasteiger partial charge in [0.15, 0.2) is 0 Å². The number of hydrogen-bond donors (Lipinski definition) is 3. The Bertz CT molecular complexity index is 300. The Morgan fingerprint density at radius 1 is 1.33 bits per heavy atom. The fraction of sp³-hybridized carbons (Fsp3) is 0.833. The minimum absolute atomic E-state index is 0.0784. The summed E-state index contributed by atoms with van der Waals surface area (Å²) < 4.78 is 0. The van der Waals surface area contributed by atoms with Crippen LogP contribution in [-0.2, 0) is 4.79 Å². The third-order valence-electron chi connectivity index (χ3n) is 3.68. The monoisotopic (exact) mass is 256 g/mol. The zero-order valence-electron chi connectivity index (χ0n) is 11.1. The molecule has 0 heterocycles. The van der Waals surface area contributed by atoms with Crippen molar-refractivity contribution in [1.29, 1.82) is 0 Å². The zero-order valence-corrected chi connectivity index (χ0v) is 11.1. The van der Waals surface area contributed by atoms with Gasteiger partial charge < -0.3 is 11.5 Å². The predicted octanol–water partition coefficient (Wildman–Crippen LogP) is 0.165. The molecule has 6 heteroatoms. The van der Waals surface area contributed by atoms with Crippen LogP contribution in [0.5, 0.6) is 0 Å². The van der Waals surface area contributed by atoms with Crippen LogP contribution in [0, 0.1) is 0 Å². The van der Waals surface area contributed by atoms with Gasteiger partial charge in [0.1, 0.15) is 0 Å². The zero-order chi connectivity index (χ0) is 13.6. The average molecular weight is 256 g/mol. The molecule has 1 aliphatic carbocycles. The van der Waals surface area contributed by atoms with E-state index < -0.39 is 6.03 Å². The topological polar surface area (TPSA) is 101 Å². The summed E-state index contributed by atoms with van der Waals surface area (Å²) in [6, 6.07) is -0.801. The Morgan fingerprint density at radius 2 is 1.94 bits per heavy atom. The quantitative estimate of drug-likeness (QED) is 0.630. The van der Waals surface area contributed by atoms with Gasteiger partial charge in [-0.3, -0.25) is 15.0 Å². The van der Waals surface area contributed by atoms with Crippen molar-refractivity contribution in [3.8, 4) is 0 Å². The van der Waals surface area contributed by atoms with E-state index in [-0.39, 0.29) is 18.0 Å². The minimum atomic E-state index is -0.801. The summed E-state index contributed by atoms with van der Waals surface area (Å²) in [6.45, 7) is 3.62. The lowest BCUT2D eigenvalue weighted by Gasteiger charge is -2.40. The van der Waals surface area contributed by atoms with Crippen molar-refractivity contribution < 1.29 is 9.59 Å². The van der Waals surface area contributed by atoms with Gasteiger partial charge in [0, 0.05) is 12.1 Å². The van der Waals surface area contributed by atoms with Crippen molar-refractivity contribution in [3.05, 3.63) is 0 Å². The molecule has 0 aromatic heterocycles. The fourth-order valence-corrected chi connectivity index (χ4v) is 2.79. The second-order valence-corrected chi connectivity index (χ2v) is 4.97. The van der Waals surface area contributed by atoms with Crippen LogP contribution in [-0.4, -0.2) is 42.0 Å². The van der Waals surface area contributed by atoms with E-state index in [4.69, 9.17) is 11.5 Å². The van der Waals surface area contributed by atoms with Crippen LogP contribution in [0.2, 0.25) is 0 Å². The van der Waals surface area contributed by atoms with Gasteiger partial charge in [-0.1, -0.05) is 19.8 Å². The maximum absolute atomic E-state index is 11.7. The number of amides is 3. The van der Waals surface area contributed by atoms with E-state index >= 15 is 0 Å². The summed E-state index contributed by atoms with van der Waals surface area (Å²) in [5.74, 6) is -0.351. The molecule has 18 heavy (non-hydrogen) atoms. The number of nitrogens with zero attached hydrogens (tertiary/aromatic N) is 1. The summed E-state index contributed by atoms with van der Waals surface area (Å²) >= 11 is 0. The summed E-state index contributed by atoms with van der Waals surface area (Å²) in [4.78, 5) is 24.4. The molecule has 0 bridgehead atoms. The lowest BCUT2D eigenvalue weighted by atomic mass is 9.94. The van der Waals surface area contributed by atoms with E-state index in [0.29, 0.717) is 6.54 Å². The molecule has 5 N–H and O–H groups in total. The van der Waals surface area contributed by atoms with Gasteiger partial charge in [-0.05, 0) is 25.8 Å². The first kappa shape index (κ1) is 14.9. The largest absolute Gasteiger partial charge is 0.351 e. The van der Waals surface area contributed by atoms with Crippen molar-refractivity contribution in [2.45, 2.75) is 44.6 Å². The van der Waals surface area contributed by atoms with E-state index in [9.17, 15) is 9.59 Å². The van der Waals surface area contributed by atoms with Gasteiger partial charge in [-0.25, -0.2) is 4.79 Å². The highest BCUT2D eigenvalue weighted by Gasteiger charge is 2.38. The molecule has 3 amide bonds. The molecule has 0 atom stereocenters. The Hall–Kier alpha value is -1.14. The Balaban J connectivity index is 2.68. The maximum Gasteiger partial charge on any atom is 0.318 e. The third kappa shape index (κ3) is 3.68. The number of hydrogen-bond acceptors (Lipinski definition) is 4. The Kier molecular flexibility index (Phi) is 5.55. The van der Waals surface area contributed by atoms with Crippen LogP contribution in [0.25, 0.3) is 0 Å². The van der Waals surface area contributed by atoms with Crippen LogP contribution < -0.4 is 16.8 Å². The molecule has 0 unspecified atom stereocenters. The molecular formula is C12H24N4O2. The van der Waals surface area contributed by atoms with Gasteiger partial charge in [0.25, 0.3) is 0 Å². The van der Waals surface area contributed by atoms with Crippen molar-refractivity contribution in [1.82, 2.24) is 10.2 Å². The number of nitrogens with two attached hydrogens (primary N) is 2. The molecule has 1 rings (SSSR count). The van der Waals surface area contributed by atoms with E-state index in [1.165, 1.54) is 0 Å². The van der Waals surface area contributed by atoms with E-state index in [1.807, 2.05) is 0 Å². The molecule has 0 aromatic carbocycles. The third-order valence-corrected chi connectivity index (χ3v) is 3.68. The highest BCUT2D eigenvalue weighted by atomic mass is 16.2. The lowest BCUT2D eigenvalue weighted by molar-refractivity contribution is -0.122. The molecule has 0 aliphatic heterocycles. The van der Waals surface area contributed by atoms with Gasteiger partial charge in [0.2, 0.25) is 5.91 Å². The number of imide groups is 1. The highest BCUT2D eigenvalue weighted by Crippen LogP contribution is 2.34. The van der Waals surface area contributed by atoms with Gasteiger partial charge in [-0.2, -0.15) is 0 Å². The van der Waals surface area contributed by atoms with Gasteiger partial charge in [0.05, 0.1) is 6.54 Å². The second kappa shape index (κ2) is 6.70. The average Bonchev–Trinajstić information content (AvgIpc) is 2.77. The first-order chi connectivity index (χ1) is 8.54. The summed E-state index contributed by atoms with van der Waals surface area (Å²) in [6.07, 6.45) is 5.29. The minimum Gasteiger partial charge on any atom is -0.351 e. The van der Waals surface area contributed by atoms with Gasteiger partial charge in [-0.15, -0.1) is 0 Å². The van der Waals surface area contributed by atoms with Crippen LogP contribution in [0.1, 0.15) is 39.0 Å². The highest BCUT2D eigenvalue weighted by molar-refractivity contribution is 5.94. The number of primary amides is 1. The SMILES string of the molecule is CCCN(CC(=O)NC(N)=O)C1(CN)CCCC1. The Labute approximate surface area is 108 Å². The molecule has 104 valence electrons. The Morgan fingerprint density at radius 3 is 2.39 bits per heavy atom. The molecule has 0 saturated heterocycles. The fourth-order valence-electron chi connectivity index (χ4n) is 2.79. The summed E-state index contributed by atoms with van der Waals surface area (Å²) in [7, 11) is 0. The standard InChI is InChI=1S/C12H24N4O2/c1-2-7-16(8-10(17)15-11(14)18)12(9-13)5-3-4-6-12/h2-9,13H2,1H3,(H3,14,15,17,18). The summed E-state index contributed by atoms with van der Waals surface area (Å²) in [5.41, 5.74) is 10.8. The normalized spacial score (nSPS) is 17.9. The number of nitrogens with one attached hydrogen (secondary N) is 1. The molecule has 0 spiro atoms. The predicted molar refractivity (Wildman–Crippen MR) is 69.8 cm³/mol. The number of urea groups is 1. The van der Waals surface area contributed by atoms with Gasteiger partial charge >= 0.3 is 6.03 Å². The summed E-state index contributed by atoms with van der Waals surface area (Å²) in [5, 5.41) is 2.11. The lowest BCUT2D eigenvalue weighted by Crippen LogP contribution is -2.56. The van der Waals surface area contributed by atoms with Crippen LogP contribution in [0.3, 0.4) is 0 Å². The first-order valence-corrected chi connectivity index (χ1v) is 6.58. The molecule has 1 fully saturated rings. The van der Waals surface area contributed by atoms with E-state index in [0.717, 1.165) is 38.6 Å². The van der Waals surface area contributed by atoms with E-state index in [1.54, 1.807) is 0 Å². The number of rotatable bonds is 6. The molecule has 6 nitrogen and oxygen atoms in total. The van der Waals surface area contributed by atoms with Crippen LogP contribution in [0.4, 0.5) is 4.79 Å². The molecule has 1 aliphatic rings. The van der Waals surface area contributed by atoms with Crippen molar-refractivity contribution in [2.24, 2.45) is 11.5 Å². The molecule has 0 aromatic rings. The number of carbonyl (C=O) groups excluding carboxylic acids is 2. The molecule has 1 saturated carbocycles. The maximum atomic E-state index is 11.7. The van der Waals surface area contributed by atoms with Crippen molar-refractivity contribution in [3.63, 3.8) is 0 Å². The second-order valence-electron chi connectivity index (χ2n) is 4.97. The molecular weight excluding hydrogens is 232 g/mol. The van der Waals surface area contributed by atoms with E-state index in [2.05, 4.69) is 17.1 Å². The van der Waals surface area contributed by atoms with Crippen LogP contribution in [0.15, 0.2) is 0 Å². The number of carbonyl (C=O) groups is 2. The van der Waals surface area contributed by atoms with Crippen molar-refractivity contribution >= 4 is 11.9 Å². The smallest absolute Gasteiger partial charge is 0.318 e.